The van der Waals surface area contributed by atoms with E-state index in [-0.39, 0.29) is 146 Å². The molecule has 0 aromatic rings. The SMILES string of the molecule is CC(C)(C)OC(=O)NCCN.CC(C)(C)OC(=O)NCCN1CC(=O)NC1=O.COC1C(O)CC[C@]2(CO2)C1[C@@]1(C)O[C@@H]1CC=C(C)C.COC1C(OC(=O)NC(=O)CCl)CC[C@]2(CO2)C1[C@@]1(C)O[C@@H]1CC=C(C)C.COC1C(OC(=O)NC(=O)CNCCNC(=O)OC(C)(C)C)CC[C@]2(CO2)C1[C@@]1(C)O[C@@H]1CC=C(C)C.COC1C(OC(=O)NC(=O)CNCCNC(=O)OC(C)(C)C)CC[C@]2(CO2)C1[C@@]1(C)O[C@@H]1CC=C(C)C. The van der Waals surface area contributed by atoms with Gasteiger partial charge >= 0.3 is 48.7 Å². The molecular weight excluding hydrogens is 1960 g/mol. The number of methoxy groups -OCH3 is 4. The third-order valence-corrected chi connectivity index (χ3v) is 28.1. The van der Waals surface area contributed by atoms with Crippen LogP contribution in [0.25, 0.3) is 0 Å². The molecule has 0 bridgehead atoms. The number of carbonyl (C=O) groups excluding carboxylic acids is 12. The zero-order chi connectivity index (χ0) is 111. The summed E-state index contributed by atoms with van der Waals surface area (Å²) >= 11 is 5.42. The number of urea groups is 1. The van der Waals surface area contributed by atoms with Crippen LogP contribution in [0, 0.1) is 23.7 Å². The molecule has 149 heavy (non-hydrogen) atoms. The highest BCUT2D eigenvalue weighted by molar-refractivity contribution is 6.28. The fourth-order valence-electron chi connectivity index (χ4n) is 20.4. The van der Waals surface area contributed by atoms with Gasteiger partial charge in [0.15, 0.2) is 0 Å². The lowest BCUT2D eigenvalue weighted by Crippen LogP contribution is -2.56. The standard InChI is InChI=1S/2C26H43N3O8.C19H28ClNO6.C16H26O4.C10H17N3O4.C7H16N2O2/c2*1-16(2)8-9-18-25(6,36-18)21-20(33-7)17(10-11-26(21)15-34-26)35-23(32)29-19(30)14-27-12-13-28-22(31)37-24(3,4)5;1-11(2)5-6-13-18(3,27-13)16-15(24-4)12(7-8-19(16)10-25-19)26-17(23)21-14(22)9-20;1-10(2)5-6-12-15(3,20-12)14-13(18-4)11(17)7-8-16(14)9-19-16;1-10(2,3)17-9(16)11-4-5-13-6-7(14)12-8(13)15;1-7(2,3)11-6(10)9-5-4-8/h2*8,17-18,20-21,27H,9-15H2,1-7H3,(H,28,31)(H,29,30,32);5,12-13,15-16H,6-10H2,1-4H3,(H,21,22,23);5,11-14,17H,6-9H2,1-4H3;4-6H2,1-3H3,(H,11,16)(H,12,14,15);4-5,8H2,1-3H3,(H,9,10)/t2*17?,18-,20?,21?,25+,26+;12?,13-,15?,16?,18+,19+;11?,12-,13?,14?,15+,16+;;/m1111../s1. The second-order valence-electron chi connectivity index (χ2n) is 45.8. The highest BCUT2D eigenvalue weighted by Gasteiger charge is 2.76. The van der Waals surface area contributed by atoms with Gasteiger partial charge in [-0.25, -0.2) is 38.4 Å². The number of aliphatic hydroxyl groups is 1. The van der Waals surface area contributed by atoms with Gasteiger partial charge < -0.3 is 138 Å². The summed E-state index contributed by atoms with van der Waals surface area (Å²) in [7, 11) is 6.49. The van der Waals surface area contributed by atoms with Crippen LogP contribution in [0.2, 0.25) is 0 Å². The largest absolute Gasteiger partial charge is 0.444 e. The Morgan fingerprint density at radius 2 is 0.678 bits per heavy atom. The number of alkyl carbamates (subject to hydrolysis) is 7. The van der Waals surface area contributed by atoms with Crippen LogP contribution in [0.15, 0.2) is 46.6 Å². The average molecular weight is 2140 g/mol. The van der Waals surface area contributed by atoms with E-state index in [1.54, 1.807) is 90.8 Å². The molecule has 4 spiro atoms. The first-order chi connectivity index (χ1) is 69.5. The smallest absolute Gasteiger partial charge is 0.414 e. The van der Waals surface area contributed by atoms with Crippen molar-refractivity contribution in [3.05, 3.63) is 46.6 Å². The van der Waals surface area contributed by atoms with E-state index in [4.69, 9.17) is 107 Å². The van der Waals surface area contributed by atoms with Crippen molar-refractivity contribution < 1.29 is 153 Å². The van der Waals surface area contributed by atoms with Gasteiger partial charge in [-0.15, -0.1) is 11.6 Å². The molecule has 0 aromatic heterocycles. The second-order valence-corrected chi connectivity index (χ2v) is 46.1. The molecule has 848 valence electrons. The van der Waals surface area contributed by atoms with E-state index in [9.17, 15) is 62.6 Å². The zero-order valence-electron chi connectivity index (χ0n) is 92.9. The highest BCUT2D eigenvalue weighted by Crippen LogP contribution is 2.64. The third-order valence-electron chi connectivity index (χ3n) is 27.8. The minimum atomic E-state index is -0.819. The monoisotopic (exact) mass is 2140 g/mol. The van der Waals surface area contributed by atoms with E-state index in [0.29, 0.717) is 65.3 Å². The number of halogens is 1. The summed E-state index contributed by atoms with van der Waals surface area (Å²) in [6.45, 7) is 51.5. The molecule has 45 heteroatoms. The van der Waals surface area contributed by atoms with Crippen molar-refractivity contribution in [3.8, 4) is 0 Å². The molecule has 4 aliphatic carbocycles. The predicted octanol–water partition coefficient (Wildman–Crippen LogP) is 10.0. The van der Waals surface area contributed by atoms with Crippen LogP contribution in [0.3, 0.4) is 0 Å². The minimum Gasteiger partial charge on any atom is -0.444 e. The lowest BCUT2D eigenvalue weighted by molar-refractivity contribution is -0.125. The van der Waals surface area contributed by atoms with Gasteiger partial charge in [-0.05, 0) is 243 Å². The Kier molecular flexibility index (Phi) is 45.1. The number of hydrogen-bond acceptors (Lipinski definition) is 35. The first kappa shape index (κ1) is 126. The van der Waals surface area contributed by atoms with Gasteiger partial charge in [-0.1, -0.05) is 46.6 Å². The molecule has 44 nitrogen and oxygen atoms in total. The number of allylic oxidation sites excluding steroid dienone is 4. The topological polar surface area (TPSA) is 576 Å². The van der Waals surface area contributed by atoms with Crippen molar-refractivity contribution in [2.45, 2.75) is 384 Å². The van der Waals surface area contributed by atoms with Crippen molar-refractivity contribution in [3.63, 3.8) is 0 Å². The lowest BCUT2D eigenvalue weighted by atomic mass is 9.68. The number of imide groups is 4. The van der Waals surface area contributed by atoms with E-state index in [1.807, 2.05) is 20.8 Å². The minimum absolute atomic E-state index is 0.0365. The quantitative estimate of drug-likeness (QED) is 0.00700. The van der Waals surface area contributed by atoms with Gasteiger partial charge in [0.2, 0.25) is 23.6 Å². The number of hydrogen-bond donors (Lipinski definition) is 12. The molecule has 13 aliphatic rings. The summed E-state index contributed by atoms with van der Waals surface area (Å²) < 4.78 is 108. The first-order valence-electron chi connectivity index (χ1n) is 51.8. The molecule has 13 N–H and O–H groups in total. The summed E-state index contributed by atoms with van der Waals surface area (Å²) in [6.07, 6.45) is 10.3. The van der Waals surface area contributed by atoms with Gasteiger partial charge in [-0.2, -0.15) is 0 Å². The van der Waals surface area contributed by atoms with E-state index >= 15 is 0 Å². The van der Waals surface area contributed by atoms with E-state index in [1.165, 1.54) is 27.2 Å². The van der Waals surface area contributed by atoms with Crippen LogP contribution < -0.4 is 58.9 Å². The number of nitrogens with zero attached hydrogens (tertiary/aromatic N) is 1. The van der Waals surface area contributed by atoms with Gasteiger partial charge in [0, 0.05) is 80.8 Å². The molecule has 4 saturated carbocycles. The van der Waals surface area contributed by atoms with E-state index in [2.05, 4.69) is 161 Å². The normalized spacial score (nSPS) is 32.5. The van der Waals surface area contributed by atoms with Crippen LogP contribution in [-0.2, 0) is 109 Å². The molecule has 13 amide bonds. The maximum absolute atomic E-state index is 12.5. The number of carbonyl (C=O) groups is 12. The molecule has 9 aliphatic heterocycles. The lowest BCUT2D eigenvalue weighted by Gasteiger charge is -2.42. The summed E-state index contributed by atoms with van der Waals surface area (Å²) in [5.41, 5.74) is 5.52. The third kappa shape index (κ3) is 38.0. The number of nitrogens with two attached hydrogens (primary N) is 1. The Bertz CT molecular complexity index is 4510. The second kappa shape index (κ2) is 53.5. The molecule has 0 aromatic carbocycles. The molecule has 13 fully saturated rings. The van der Waals surface area contributed by atoms with Crippen LogP contribution in [-0.4, -0.2) is 356 Å². The van der Waals surface area contributed by atoms with Crippen molar-refractivity contribution >= 4 is 83.9 Å². The molecule has 12 unspecified atom stereocenters. The molecule has 0 radical (unpaired) electrons. The number of alkyl halides is 1. The Labute approximate surface area is 882 Å². The Hall–Kier alpha value is -8.55. The Morgan fingerprint density at radius 1 is 0.409 bits per heavy atom. The Morgan fingerprint density at radius 3 is 0.926 bits per heavy atom. The van der Waals surface area contributed by atoms with Crippen molar-refractivity contribution in [2.75, 3.05) is 133 Å². The van der Waals surface area contributed by atoms with Crippen LogP contribution in [0.5, 0.6) is 0 Å². The maximum Gasteiger partial charge on any atom is 0.414 e. The zero-order valence-corrected chi connectivity index (χ0v) is 93.6. The summed E-state index contributed by atoms with van der Waals surface area (Å²) in [6, 6.07) is -0.430. The van der Waals surface area contributed by atoms with Crippen molar-refractivity contribution in [2.24, 2.45) is 29.4 Å². The Balaban J connectivity index is 0.000000226. The maximum atomic E-state index is 12.5. The fourth-order valence-corrected chi connectivity index (χ4v) is 20.5. The van der Waals surface area contributed by atoms with Gasteiger partial charge in [0.05, 0.1) is 105 Å². The highest BCUT2D eigenvalue weighted by atomic mass is 35.5. The summed E-state index contributed by atoms with van der Waals surface area (Å²) in [5.74, 6) is -2.42. The predicted molar refractivity (Wildman–Crippen MR) is 547 cm³/mol. The summed E-state index contributed by atoms with van der Waals surface area (Å²) in [4.78, 5) is 141. The van der Waals surface area contributed by atoms with Crippen LogP contribution in [0.4, 0.5) is 38.4 Å². The number of aliphatic hydroxyl groups excluding tert-OH is 1. The summed E-state index contributed by atoms with van der Waals surface area (Å²) in [5, 5.41) is 34.9. The fraction of sp³-hybridized carbons (Fsp3) is 0.808. The molecular formula is C104H173ClN12O32. The molecule has 24 atom stereocenters. The molecule has 13 rings (SSSR count). The van der Waals surface area contributed by atoms with Crippen LogP contribution in [0.1, 0.15) is 243 Å². The van der Waals surface area contributed by atoms with Crippen LogP contribution >= 0.6 is 11.6 Å². The number of ether oxygens (including phenoxy) is 19. The van der Waals surface area contributed by atoms with E-state index in [0.717, 1.165) is 64.4 Å². The van der Waals surface area contributed by atoms with Gasteiger partial charge in [0.25, 0.3) is 0 Å². The van der Waals surface area contributed by atoms with Crippen molar-refractivity contribution in [1.82, 2.24) is 58.1 Å². The van der Waals surface area contributed by atoms with Gasteiger partial charge in [-0.3, -0.25) is 40.4 Å². The van der Waals surface area contributed by atoms with E-state index < -0.39 is 142 Å². The number of nitrogens with one attached hydrogen (secondary N) is 10. The van der Waals surface area contributed by atoms with Crippen molar-refractivity contribution in [1.29, 1.82) is 0 Å². The number of rotatable bonds is 35. The molecule has 9 saturated heterocycles. The average Bonchev–Trinajstić information content (AvgIpc) is 1.56. The molecule has 9 heterocycles. The first-order valence-corrected chi connectivity index (χ1v) is 52.3. The van der Waals surface area contributed by atoms with Gasteiger partial charge in [0.1, 0.15) is 111 Å². The number of epoxide rings is 8. The number of amides is 13.